The molecule has 0 aliphatic carbocycles. The topological polar surface area (TPSA) is 101 Å². The number of rotatable bonds is 8. The van der Waals surface area contributed by atoms with E-state index in [4.69, 9.17) is 4.74 Å². The van der Waals surface area contributed by atoms with Gasteiger partial charge in [0.15, 0.2) is 0 Å². The molecular formula is C26H21N3O4. The van der Waals surface area contributed by atoms with E-state index >= 15 is 0 Å². The number of aromatic carboxylic acids is 1. The number of nitrogens with zero attached hydrogens (tertiary/aromatic N) is 2. The van der Waals surface area contributed by atoms with Gasteiger partial charge in [0.2, 0.25) is 11.7 Å². The van der Waals surface area contributed by atoms with Crippen molar-refractivity contribution in [1.82, 2.24) is 15.3 Å². The Labute approximate surface area is 190 Å². The van der Waals surface area contributed by atoms with Crippen LogP contribution in [0.25, 0.3) is 0 Å². The van der Waals surface area contributed by atoms with Gasteiger partial charge in [-0.25, -0.2) is 9.78 Å². The molecule has 0 bridgehead atoms. The molecule has 2 N–H and O–H groups in total. The molecule has 0 atom stereocenters. The highest BCUT2D eigenvalue weighted by atomic mass is 16.5. The molecule has 4 rings (SSSR count). The second-order valence-electron chi connectivity index (χ2n) is 7.22. The molecule has 7 heteroatoms. The largest absolute Gasteiger partial charge is 0.475 e. The van der Waals surface area contributed by atoms with Crippen LogP contribution in [0.1, 0.15) is 43.7 Å². The summed E-state index contributed by atoms with van der Waals surface area (Å²) in [4.78, 5) is 32.5. The van der Waals surface area contributed by atoms with Crippen LogP contribution in [0.15, 0.2) is 97.2 Å². The summed E-state index contributed by atoms with van der Waals surface area (Å²) in [5.41, 5.74) is 2.69. The first-order valence-electron chi connectivity index (χ1n) is 10.3. The summed E-state index contributed by atoms with van der Waals surface area (Å²) in [6.07, 6.45) is 1.18. The Morgan fingerprint density at radius 1 is 0.848 bits per heavy atom. The fourth-order valence-electron chi connectivity index (χ4n) is 3.32. The van der Waals surface area contributed by atoms with Crippen molar-refractivity contribution in [2.24, 2.45) is 0 Å². The zero-order chi connectivity index (χ0) is 23.0. The first-order chi connectivity index (χ1) is 16.1. The number of amides is 1. The zero-order valence-electron chi connectivity index (χ0n) is 17.6. The minimum absolute atomic E-state index is 0.0489. The molecule has 0 saturated carbocycles. The highest BCUT2D eigenvalue weighted by Gasteiger charge is 2.23. The maximum absolute atomic E-state index is 13.3. The normalized spacial score (nSPS) is 10.6. The van der Waals surface area contributed by atoms with Gasteiger partial charge in [-0.3, -0.25) is 4.79 Å². The van der Waals surface area contributed by atoms with Crippen LogP contribution in [0.4, 0.5) is 0 Å². The highest BCUT2D eigenvalue weighted by molar-refractivity contribution is 5.97. The van der Waals surface area contributed by atoms with Crippen molar-refractivity contribution in [3.63, 3.8) is 0 Å². The van der Waals surface area contributed by atoms with Crippen molar-refractivity contribution in [1.29, 1.82) is 0 Å². The lowest BCUT2D eigenvalue weighted by Crippen LogP contribution is -2.30. The third-order valence-electron chi connectivity index (χ3n) is 4.95. The van der Waals surface area contributed by atoms with E-state index in [2.05, 4.69) is 15.3 Å². The summed E-state index contributed by atoms with van der Waals surface area (Å²) >= 11 is 0. The summed E-state index contributed by atoms with van der Waals surface area (Å²) in [7, 11) is 0. The smallest absolute Gasteiger partial charge is 0.374 e. The third-order valence-corrected chi connectivity index (χ3v) is 4.95. The van der Waals surface area contributed by atoms with Crippen molar-refractivity contribution < 1.29 is 19.4 Å². The molecule has 0 aliphatic rings. The Kier molecular flexibility index (Phi) is 6.70. The first kappa shape index (κ1) is 21.7. The molecule has 0 radical (unpaired) electrons. The van der Waals surface area contributed by atoms with Gasteiger partial charge in [-0.2, -0.15) is 4.98 Å². The lowest BCUT2D eigenvalue weighted by atomic mass is 9.98. The van der Waals surface area contributed by atoms with Crippen molar-refractivity contribution in [2.45, 2.75) is 12.6 Å². The molecule has 1 aromatic heterocycles. The van der Waals surface area contributed by atoms with E-state index in [-0.39, 0.29) is 18.1 Å². The maximum atomic E-state index is 13.3. The van der Waals surface area contributed by atoms with Gasteiger partial charge in [0.25, 0.3) is 5.91 Å². The molecule has 0 fully saturated rings. The number of carbonyl (C=O) groups excluding carboxylic acids is 1. The monoisotopic (exact) mass is 439 g/mol. The van der Waals surface area contributed by atoms with Crippen LogP contribution in [0.2, 0.25) is 0 Å². The quantitative estimate of drug-likeness (QED) is 0.425. The van der Waals surface area contributed by atoms with Gasteiger partial charge in [0.1, 0.15) is 12.2 Å². The van der Waals surface area contributed by atoms with Gasteiger partial charge < -0.3 is 15.2 Å². The second-order valence-corrected chi connectivity index (χ2v) is 7.22. The number of carboxylic acid groups (broad SMARTS) is 1. The van der Waals surface area contributed by atoms with E-state index in [9.17, 15) is 14.7 Å². The average molecular weight is 439 g/mol. The van der Waals surface area contributed by atoms with Gasteiger partial charge in [-0.05, 0) is 16.7 Å². The molecule has 1 amide bonds. The summed E-state index contributed by atoms with van der Waals surface area (Å²) < 4.78 is 5.75. The van der Waals surface area contributed by atoms with E-state index < -0.39 is 23.7 Å². The Balaban J connectivity index is 1.65. The summed E-state index contributed by atoms with van der Waals surface area (Å²) in [5, 5.41) is 12.3. The van der Waals surface area contributed by atoms with Gasteiger partial charge in [0, 0.05) is 6.20 Å². The maximum Gasteiger partial charge on any atom is 0.374 e. The van der Waals surface area contributed by atoms with Gasteiger partial charge >= 0.3 is 5.97 Å². The van der Waals surface area contributed by atoms with Crippen LogP contribution in [0.5, 0.6) is 5.88 Å². The molecule has 1 heterocycles. The van der Waals surface area contributed by atoms with Gasteiger partial charge in [-0.1, -0.05) is 91.0 Å². The first-order valence-corrected chi connectivity index (χ1v) is 10.3. The molecule has 4 aromatic rings. The Morgan fingerprint density at radius 2 is 1.39 bits per heavy atom. The van der Waals surface area contributed by atoms with Crippen LogP contribution in [0, 0.1) is 0 Å². The lowest BCUT2D eigenvalue weighted by molar-refractivity contribution is 0.0680. The Bertz CT molecular complexity index is 1190. The highest BCUT2D eigenvalue weighted by Crippen LogP contribution is 2.24. The van der Waals surface area contributed by atoms with Crippen LogP contribution < -0.4 is 10.1 Å². The summed E-state index contributed by atoms with van der Waals surface area (Å²) in [6, 6.07) is 28.0. The Morgan fingerprint density at radius 3 is 1.94 bits per heavy atom. The van der Waals surface area contributed by atoms with E-state index in [1.165, 1.54) is 6.20 Å². The van der Waals surface area contributed by atoms with Crippen molar-refractivity contribution in [3.05, 3.63) is 125 Å². The molecule has 0 aliphatic heterocycles. The van der Waals surface area contributed by atoms with Crippen LogP contribution in [0.3, 0.4) is 0 Å². The number of nitrogens with one attached hydrogen (secondary N) is 1. The predicted molar refractivity (Wildman–Crippen MR) is 122 cm³/mol. The SMILES string of the molecule is O=C(O)c1ncc(C(=O)NC(c2ccccc2)c2ccccc2)c(OCc2ccccc2)n1. The van der Waals surface area contributed by atoms with Crippen LogP contribution >= 0.6 is 0 Å². The number of carbonyl (C=O) groups is 2. The van der Waals surface area contributed by atoms with Crippen LogP contribution in [-0.4, -0.2) is 27.0 Å². The summed E-state index contributed by atoms with van der Waals surface area (Å²) in [6.45, 7) is 0.123. The lowest BCUT2D eigenvalue weighted by Gasteiger charge is -2.20. The van der Waals surface area contributed by atoms with E-state index in [1.807, 2.05) is 91.0 Å². The number of aromatic nitrogens is 2. The van der Waals surface area contributed by atoms with Gasteiger partial charge in [0.05, 0.1) is 6.04 Å². The minimum Gasteiger partial charge on any atom is -0.475 e. The van der Waals surface area contributed by atoms with Crippen molar-refractivity contribution in [3.8, 4) is 5.88 Å². The summed E-state index contributed by atoms with van der Waals surface area (Å²) in [5.74, 6) is -2.33. The van der Waals surface area contributed by atoms with Gasteiger partial charge in [-0.15, -0.1) is 0 Å². The molecule has 3 aromatic carbocycles. The Hall–Kier alpha value is -4.52. The van der Waals surface area contributed by atoms with E-state index in [0.29, 0.717) is 0 Å². The molecule has 0 saturated heterocycles. The van der Waals surface area contributed by atoms with E-state index in [1.54, 1.807) is 0 Å². The number of ether oxygens (including phenoxy) is 1. The fourth-order valence-corrected chi connectivity index (χ4v) is 3.32. The molecular weight excluding hydrogens is 418 g/mol. The molecule has 33 heavy (non-hydrogen) atoms. The second kappa shape index (κ2) is 10.2. The molecule has 7 nitrogen and oxygen atoms in total. The van der Waals surface area contributed by atoms with Crippen LogP contribution in [-0.2, 0) is 6.61 Å². The fraction of sp³-hybridized carbons (Fsp3) is 0.0769. The van der Waals surface area contributed by atoms with Crippen molar-refractivity contribution >= 4 is 11.9 Å². The number of benzene rings is 3. The zero-order valence-corrected chi connectivity index (χ0v) is 17.6. The van der Waals surface area contributed by atoms with E-state index in [0.717, 1.165) is 16.7 Å². The number of hydrogen-bond donors (Lipinski definition) is 2. The molecule has 0 spiro atoms. The number of hydrogen-bond acceptors (Lipinski definition) is 5. The minimum atomic E-state index is -1.31. The molecule has 0 unspecified atom stereocenters. The third kappa shape index (κ3) is 5.40. The molecule has 164 valence electrons. The predicted octanol–water partition coefficient (Wildman–Crippen LogP) is 4.27. The van der Waals surface area contributed by atoms with Crippen molar-refractivity contribution in [2.75, 3.05) is 0 Å². The number of carboxylic acids is 1. The average Bonchev–Trinajstić information content (AvgIpc) is 2.87. The standard InChI is InChI=1S/C26H21N3O4/c30-24(28-22(19-12-6-2-7-13-19)20-14-8-3-9-15-20)21-16-27-23(26(31)32)29-25(21)33-17-18-10-4-1-5-11-18/h1-16,22H,17H2,(H,28,30)(H,31,32).